The summed E-state index contributed by atoms with van der Waals surface area (Å²) in [6, 6.07) is 0. The van der Waals surface area contributed by atoms with E-state index in [-0.39, 0.29) is 6.61 Å². The molecular formula is C9H14O4. The standard InChI is InChI=1S/C9H14O4/c1-7(2)9(10)13-6-8-11-4-3-5-12-8/h8H,1,3-6H2,2H3. The first kappa shape index (κ1) is 10.2. The Balaban J connectivity index is 2.17. The molecule has 0 spiro atoms. The van der Waals surface area contributed by atoms with Crippen molar-refractivity contribution in [2.45, 2.75) is 19.6 Å². The van der Waals surface area contributed by atoms with Crippen molar-refractivity contribution >= 4 is 5.97 Å². The van der Waals surface area contributed by atoms with Crippen molar-refractivity contribution in [2.75, 3.05) is 19.8 Å². The van der Waals surface area contributed by atoms with Gasteiger partial charge in [-0.3, -0.25) is 0 Å². The quantitative estimate of drug-likeness (QED) is 0.484. The Hall–Kier alpha value is -0.870. The van der Waals surface area contributed by atoms with Crippen molar-refractivity contribution in [3.8, 4) is 0 Å². The molecule has 4 nitrogen and oxygen atoms in total. The van der Waals surface area contributed by atoms with E-state index in [0.29, 0.717) is 18.8 Å². The first-order valence-electron chi connectivity index (χ1n) is 4.26. The molecule has 1 heterocycles. The average molecular weight is 186 g/mol. The Morgan fingerprint density at radius 2 is 2.15 bits per heavy atom. The van der Waals surface area contributed by atoms with Gasteiger partial charge in [-0.05, 0) is 13.3 Å². The van der Waals surface area contributed by atoms with Crippen LogP contribution in [0.25, 0.3) is 0 Å². The van der Waals surface area contributed by atoms with Crippen molar-refractivity contribution < 1.29 is 19.0 Å². The molecule has 1 saturated heterocycles. The molecule has 74 valence electrons. The number of hydrogen-bond acceptors (Lipinski definition) is 4. The molecule has 0 aromatic carbocycles. The van der Waals surface area contributed by atoms with Gasteiger partial charge < -0.3 is 14.2 Å². The molecule has 0 aliphatic carbocycles. The van der Waals surface area contributed by atoms with Gasteiger partial charge in [0, 0.05) is 5.57 Å². The van der Waals surface area contributed by atoms with E-state index >= 15 is 0 Å². The molecule has 0 radical (unpaired) electrons. The molecular weight excluding hydrogens is 172 g/mol. The number of hydrogen-bond donors (Lipinski definition) is 0. The van der Waals surface area contributed by atoms with Gasteiger partial charge in [-0.2, -0.15) is 0 Å². The third-order valence-corrected chi connectivity index (χ3v) is 1.60. The molecule has 0 aromatic heterocycles. The minimum absolute atomic E-state index is 0.145. The molecule has 4 heteroatoms. The monoisotopic (exact) mass is 186 g/mol. The number of carbonyl (C=O) groups is 1. The van der Waals surface area contributed by atoms with Gasteiger partial charge in [-0.1, -0.05) is 6.58 Å². The highest BCUT2D eigenvalue weighted by molar-refractivity contribution is 5.86. The predicted molar refractivity (Wildman–Crippen MR) is 46.1 cm³/mol. The molecule has 0 unspecified atom stereocenters. The molecule has 0 saturated carbocycles. The Morgan fingerprint density at radius 3 is 2.69 bits per heavy atom. The Morgan fingerprint density at radius 1 is 1.54 bits per heavy atom. The van der Waals surface area contributed by atoms with Crippen LogP contribution in [0.3, 0.4) is 0 Å². The first-order valence-corrected chi connectivity index (χ1v) is 4.26. The van der Waals surface area contributed by atoms with E-state index in [9.17, 15) is 4.79 Å². The van der Waals surface area contributed by atoms with Crippen LogP contribution < -0.4 is 0 Å². The molecule has 1 rings (SSSR count). The molecule has 0 aromatic rings. The lowest BCUT2D eigenvalue weighted by molar-refractivity contribution is -0.203. The Kier molecular flexibility index (Phi) is 3.92. The van der Waals surface area contributed by atoms with E-state index in [1.54, 1.807) is 6.92 Å². The van der Waals surface area contributed by atoms with Gasteiger partial charge in [-0.25, -0.2) is 4.79 Å². The largest absolute Gasteiger partial charge is 0.457 e. The van der Waals surface area contributed by atoms with E-state index in [1.807, 2.05) is 0 Å². The summed E-state index contributed by atoms with van der Waals surface area (Å²) in [6.45, 7) is 6.53. The van der Waals surface area contributed by atoms with Gasteiger partial charge in [0.2, 0.25) is 0 Å². The van der Waals surface area contributed by atoms with Crippen LogP contribution >= 0.6 is 0 Å². The summed E-state index contributed by atoms with van der Waals surface area (Å²) in [5.74, 6) is -0.405. The zero-order valence-corrected chi connectivity index (χ0v) is 7.75. The maximum Gasteiger partial charge on any atom is 0.333 e. The Labute approximate surface area is 77.5 Å². The third kappa shape index (κ3) is 3.57. The van der Waals surface area contributed by atoms with Crippen LogP contribution in [0.1, 0.15) is 13.3 Å². The molecule has 1 fully saturated rings. The highest BCUT2D eigenvalue weighted by Gasteiger charge is 2.16. The fourth-order valence-electron chi connectivity index (χ4n) is 0.900. The highest BCUT2D eigenvalue weighted by atomic mass is 16.7. The van der Waals surface area contributed by atoms with Crippen molar-refractivity contribution in [1.82, 2.24) is 0 Å². The van der Waals surface area contributed by atoms with Crippen LogP contribution in [0.4, 0.5) is 0 Å². The van der Waals surface area contributed by atoms with Gasteiger partial charge in [-0.15, -0.1) is 0 Å². The second-order valence-electron chi connectivity index (χ2n) is 2.90. The number of ether oxygens (including phenoxy) is 3. The summed E-state index contributed by atoms with van der Waals surface area (Å²) in [7, 11) is 0. The van der Waals surface area contributed by atoms with Gasteiger partial charge in [0.15, 0.2) is 6.29 Å². The summed E-state index contributed by atoms with van der Waals surface area (Å²) < 4.78 is 15.2. The zero-order chi connectivity index (χ0) is 9.68. The van der Waals surface area contributed by atoms with Gasteiger partial charge in [0.25, 0.3) is 0 Å². The average Bonchev–Trinajstić information content (AvgIpc) is 2.15. The van der Waals surface area contributed by atoms with Gasteiger partial charge in [0.05, 0.1) is 13.2 Å². The smallest absolute Gasteiger partial charge is 0.333 e. The summed E-state index contributed by atoms with van der Waals surface area (Å²) in [5, 5.41) is 0. The maximum atomic E-state index is 11.0. The topological polar surface area (TPSA) is 44.8 Å². The molecule has 1 aliphatic rings. The number of rotatable bonds is 3. The van der Waals surface area contributed by atoms with Gasteiger partial charge in [0.1, 0.15) is 6.61 Å². The van der Waals surface area contributed by atoms with Crippen molar-refractivity contribution in [1.29, 1.82) is 0 Å². The van der Waals surface area contributed by atoms with Crippen LogP contribution in [0.2, 0.25) is 0 Å². The van der Waals surface area contributed by atoms with E-state index in [2.05, 4.69) is 6.58 Å². The summed E-state index contributed by atoms with van der Waals surface area (Å²) >= 11 is 0. The lowest BCUT2D eigenvalue weighted by atomic mass is 10.4. The first-order chi connectivity index (χ1) is 6.20. The maximum absolute atomic E-state index is 11.0. The second-order valence-corrected chi connectivity index (χ2v) is 2.90. The summed E-state index contributed by atoms with van der Waals surface area (Å²) in [6.07, 6.45) is 0.488. The summed E-state index contributed by atoms with van der Waals surface area (Å²) in [5.41, 5.74) is 0.385. The Bertz CT molecular complexity index is 194. The summed E-state index contributed by atoms with van der Waals surface area (Å²) in [4.78, 5) is 11.0. The predicted octanol–water partition coefficient (Wildman–Crippen LogP) is 0.869. The van der Waals surface area contributed by atoms with Crippen molar-refractivity contribution in [3.05, 3.63) is 12.2 Å². The third-order valence-electron chi connectivity index (χ3n) is 1.60. The van der Waals surface area contributed by atoms with E-state index in [1.165, 1.54) is 0 Å². The van der Waals surface area contributed by atoms with Crippen LogP contribution in [-0.4, -0.2) is 32.1 Å². The zero-order valence-electron chi connectivity index (χ0n) is 7.75. The van der Waals surface area contributed by atoms with Gasteiger partial charge >= 0.3 is 5.97 Å². The molecule has 0 atom stereocenters. The number of esters is 1. The second kappa shape index (κ2) is 4.99. The number of carbonyl (C=O) groups excluding carboxylic acids is 1. The van der Waals surface area contributed by atoms with Crippen LogP contribution in [0.15, 0.2) is 12.2 Å². The molecule has 1 aliphatic heterocycles. The molecule has 0 amide bonds. The SMILES string of the molecule is C=C(C)C(=O)OCC1OCCCO1. The van der Waals surface area contributed by atoms with E-state index in [4.69, 9.17) is 14.2 Å². The molecule has 0 bridgehead atoms. The minimum Gasteiger partial charge on any atom is -0.457 e. The molecule has 0 N–H and O–H groups in total. The van der Waals surface area contributed by atoms with Crippen LogP contribution in [-0.2, 0) is 19.0 Å². The van der Waals surface area contributed by atoms with Crippen molar-refractivity contribution in [3.63, 3.8) is 0 Å². The van der Waals surface area contributed by atoms with Crippen LogP contribution in [0, 0.1) is 0 Å². The van der Waals surface area contributed by atoms with Crippen molar-refractivity contribution in [2.24, 2.45) is 0 Å². The molecule has 13 heavy (non-hydrogen) atoms. The lowest BCUT2D eigenvalue weighted by Gasteiger charge is -2.22. The van der Waals surface area contributed by atoms with Crippen LogP contribution in [0.5, 0.6) is 0 Å². The van der Waals surface area contributed by atoms with E-state index < -0.39 is 12.3 Å². The fourth-order valence-corrected chi connectivity index (χ4v) is 0.900. The lowest BCUT2D eigenvalue weighted by Crippen LogP contribution is -2.30. The normalized spacial score (nSPS) is 18.2. The van der Waals surface area contributed by atoms with E-state index in [0.717, 1.165) is 6.42 Å². The minimum atomic E-state index is -0.406. The fraction of sp³-hybridized carbons (Fsp3) is 0.667. The highest BCUT2D eigenvalue weighted by Crippen LogP contribution is 2.05.